The van der Waals surface area contributed by atoms with Crippen molar-refractivity contribution in [1.29, 1.82) is 0 Å². The number of rotatable bonds is 0. The Morgan fingerprint density at radius 1 is 1.18 bits per heavy atom. The fourth-order valence-corrected chi connectivity index (χ4v) is 2.11. The third-order valence-corrected chi connectivity index (χ3v) is 3.23. The van der Waals surface area contributed by atoms with E-state index in [9.17, 15) is 0 Å². The third kappa shape index (κ3) is 1.22. The van der Waals surface area contributed by atoms with E-state index in [2.05, 4.69) is 35.0 Å². The summed E-state index contributed by atoms with van der Waals surface area (Å²) in [5.74, 6) is 0. The van der Waals surface area contributed by atoms with E-state index < -0.39 is 0 Å². The second kappa shape index (κ2) is 2.63. The van der Waals surface area contributed by atoms with Crippen LogP contribution in [0.5, 0.6) is 0 Å². The Hall–Kier alpha value is -0.300. The van der Waals surface area contributed by atoms with Gasteiger partial charge >= 0.3 is 0 Å². The standard InChI is InChI=1S/C10H11Br/c1-7-5-8-3-2-4-9(8)6-10(7)11/h5-6H,2-4H2,1H3. The highest BCUT2D eigenvalue weighted by Crippen LogP contribution is 2.27. The van der Waals surface area contributed by atoms with Gasteiger partial charge in [0, 0.05) is 4.47 Å². The summed E-state index contributed by atoms with van der Waals surface area (Å²) in [5.41, 5.74) is 4.47. The van der Waals surface area contributed by atoms with E-state index in [0.29, 0.717) is 0 Å². The molecule has 0 heterocycles. The van der Waals surface area contributed by atoms with E-state index in [1.54, 1.807) is 11.1 Å². The molecule has 0 atom stereocenters. The van der Waals surface area contributed by atoms with Crippen molar-refractivity contribution >= 4 is 15.9 Å². The fraction of sp³-hybridized carbons (Fsp3) is 0.400. The summed E-state index contributed by atoms with van der Waals surface area (Å²) < 4.78 is 1.26. The maximum Gasteiger partial charge on any atom is 0.0207 e. The lowest BCUT2D eigenvalue weighted by atomic mass is 10.1. The van der Waals surface area contributed by atoms with Crippen LogP contribution in [0.15, 0.2) is 16.6 Å². The quantitative estimate of drug-likeness (QED) is 0.617. The highest BCUT2D eigenvalue weighted by Gasteiger charge is 2.11. The number of benzene rings is 1. The van der Waals surface area contributed by atoms with Crippen molar-refractivity contribution in [3.05, 3.63) is 33.3 Å². The van der Waals surface area contributed by atoms with Crippen LogP contribution in [0.1, 0.15) is 23.1 Å². The molecule has 1 heteroatoms. The molecule has 0 N–H and O–H groups in total. The number of halogens is 1. The molecule has 2 rings (SSSR count). The molecule has 0 fully saturated rings. The molecule has 0 amide bonds. The minimum absolute atomic E-state index is 1.26. The SMILES string of the molecule is Cc1cc2c(cc1Br)CCC2. The molecule has 0 saturated heterocycles. The van der Waals surface area contributed by atoms with Crippen molar-refractivity contribution in [3.8, 4) is 0 Å². The Morgan fingerprint density at radius 2 is 1.82 bits per heavy atom. The average molecular weight is 211 g/mol. The van der Waals surface area contributed by atoms with Crippen LogP contribution in [0.4, 0.5) is 0 Å². The van der Waals surface area contributed by atoms with Crippen LogP contribution in [0.25, 0.3) is 0 Å². The second-order valence-electron chi connectivity index (χ2n) is 3.22. The first-order valence-corrected chi connectivity index (χ1v) is 4.84. The average Bonchev–Trinajstić information content (AvgIpc) is 2.36. The first-order chi connectivity index (χ1) is 5.27. The van der Waals surface area contributed by atoms with Gasteiger partial charge in [-0.2, -0.15) is 0 Å². The van der Waals surface area contributed by atoms with Crippen LogP contribution in [0, 0.1) is 6.92 Å². The summed E-state index contributed by atoms with van der Waals surface area (Å²) >= 11 is 3.55. The molecule has 1 aliphatic rings. The van der Waals surface area contributed by atoms with Crippen molar-refractivity contribution in [2.45, 2.75) is 26.2 Å². The molecule has 1 aromatic carbocycles. The Morgan fingerprint density at radius 3 is 2.55 bits per heavy atom. The van der Waals surface area contributed by atoms with Gasteiger partial charge in [-0.15, -0.1) is 0 Å². The minimum atomic E-state index is 1.26. The monoisotopic (exact) mass is 210 g/mol. The van der Waals surface area contributed by atoms with Crippen molar-refractivity contribution in [3.63, 3.8) is 0 Å². The summed E-state index contributed by atoms with van der Waals surface area (Å²) in [6, 6.07) is 4.59. The van der Waals surface area contributed by atoms with Crippen molar-refractivity contribution < 1.29 is 0 Å². The van der Waals surface area contributed by atoms with Crippen LogP contribution >= 0.6 is 15.9 Å². The fourth-order valence-electron chi connectivity index (χ4n) is 1.72. The molecule has 11 heavy (non-hydrogen) atoms. The van der Waals surface area contributed by atoms with Crippen LogP contribution in [-0.4, -0.2) is 0 Å². The van der Waals surface area contributed by atoms with Gasteiger partial charge in [-0.25, -0.2) is 0 Å². The molecule has 0 nitrogen and oxygen atoms in total. The van der Waals surface area contributed by atoms with Crippen molar-refractivity contribution in [2.24, 2.45) is 0 Å². The van der Waals surface area contributed by atoms with E-state index in [-0.39, 0.29) is 0 Å². The molecular formula is C10H11Br. The van der Waals surface area contributed by atoms with Gasteiger partial charge < -0.3 is 0 Å². The Balaban J connectivity index is 2.57. The third-order valence-electron chi connectivity index (χ3n) is 2.37. The highest BCUT2D eigenvalue weighted by atomic mass is 79.9. The Kier molecular flexibility index (Phi) is 1.76. The van der Waals surface area contributed by atoms with Gasteiger partial charge in [0.15, 0.2) is 0 Å². The second-order valence-corrected chi connectivity index (χ2v) is 4.08. The van der Waals surface area contributed by atoms with Gasteiger partial charge in [0.05, 0.1) is 0 Å². The van der Waals surface area contributed by atoms with E-state index in [4.69, 9.17) is 0 Å². The first kappa shape index (κ1) is 7.35. The number of hydrogen-bond donors (Lipinski definition) is 0. The minimum Gasteiger partial charge on any atom is -0.0547 e. The molecule has 0 saturated carbocycles. The normalized spacial score (nSPS) is 15.1. The number of hydrogen-bond acceptors (Lipinski definition) is 0. The van der Waals surface area contributed by atoms with Crippen molar-refractivity contribution in [2.75, 3.05) is 0 Å². The van der Waals surface area contributed by atoms with Crippen LogP contribution in [0.3, 0.4) is 0 Å². The van der Waals surface area contributed by atoms with Crippen LogP contribution in [-0.2, 0) is 12.8 Å². The lowest BCUT2D eigenvalue weighted by Gasteiger charge is -2.02. The predicted octanol–water partition coefficient (Wildman–Crippen LogP) is 3.25. The largest absolute Gasteiger partial charge is 0.0547 e. The molecule has 0 bridgehead atoms. The summed E-state index contributed by atoms with van der Waals surface area (Å²) in [7, 11) is 0. The molecule has 1 aromatic rings. The first-order valence-electron chi connectivity index (χ1n) is 4.05. The maximum absolute atomic E-state index is 3.55. The molecule has 0 aromatic heterocycles. The molecule has 0 radical (unpaired) electrons. The maximum atomic E-state index is 3.55. The van der Waals surface area contributed by atoms with Crippen molar-refractivity contribution in [1.82, 2.24) is 0 Å². The number of aryl methyl sites for hydroxylation is 3. The van der Waals surface area contributed by atoms with Crippen LogP contribution in [0.2, 0.25) is 0 Å². The molecule has 1 aliphatic carbocycles. The highest BCUT2D eigenvalue weighted by molar-refractivity contribution is 9.10. The van der Waals surface area contributed by atoms with E-state index in [0.717, 1.165) is 0 Å². The lowest BCUT2D eigenvalue weighted by molar-refractivity contribution is 0.911. The van der Waals surface area contributed by atoms with Gasteiger partial charge in [-0.1, -0.05) is 22.0 Å². The molecule has 58 valence electrons. The van der Waals surface area contributed by atoms with Crippen LogP contribution < -0.4 is 0 Å². The Bertz CT molecular complexity index is 260. The lowest BCUT2D eigenvalue weighted by Crippen LogP contribution is -1.84. The summed E-state index contributed by atoms with van der Waals surface area (Å²) in [4.78, 5) is 0. The zero-order chi connectivity index (χ0) is 7.84. The van der Waals surface area contributed by atoms with Gasteiger partial charge in [0.1, 0.15) is 0 Å². The van der Waals surface area contributed by atoms with E-state index in [1.807, 2.05) is 0 Å². The molecule has 0 spiro atoms. The molecular weight excluding hydrogens is 200 g/mol. The molecule has 0 unspecified atom stereocenters. The van der Waals surface area contributed by atoms with E-state index >= 15 is 0 Å². The zero-order valence-electron chi connectivity index (χ0n) is 6.65. The van der Waals surface area contributed by atoms with Gasteiger partial charge in [-0.05, 0) is 48.9 Å². The zero-order valence-corrected chi connectivity index (χ0v) is 8.24. The Labute approximate surface area is 75.8 Å². The topological polar surface area (TPSA) is 0 Å². The van der Waals surface area contributed by atoms with Gasteiger partial charge in [-0.3, -0.25) is 0 Å². The van der Waals surface area contributed by atoms with Gasteiger partial charge in [0.25, 0.3) is 0 Å². The van der Waals surface area contributed by atoms with E-state index in [1.165, 1.54) is 29.3 Å². The van der Waals surface area contributed by atoms with Gasteiger partial charge in [0.2, 0.25) is 0 Å². The predicted molar refractivity (Wildman–Crippen MR) is 50.9 cm³/mol. The smallest absolute Gasteiger partial charge is 0.0207 e. The number of fused-ring (bicyclic) bond motifs is 1. The summed E-state index contributed by atoms with van der Waals surface area (Å²) in [6.45, 7) is 2.16. The molecule has 0 aliphatic heterocycles. The summed E-state index contributed by atoms with van der Waals surface area (Å²) in [5, 5.41) is 0. The summed E-state index contributed by atoms with van der Waals surface area (Å²) in [6.07, 6.45) is 3.89.